The van der Waals surface area contributed by atoms with Crippen LogP contribution in [0.3, 0.4) is 0 Å². The van der Waals surface area contributed by atoms with Crippen molar-refractivity contribution in [3.63, 3.8) is 0 Å². The summed E-state index contributed by atoms with van der Waals surface area (Å²) in [4.78, 5) is 0. The summed E-state index contributed by atoms with van der Waals surface area (Å²) < 4.78 is 1.78. The first-order valence-electron chi connectivity index (χ1n) is 50.6. The molecule has 0 saturated heterocycles. The molecule has 0 atom stereocenters. The predicted octanol–water partition coefficient (Wildman–Crippen LogP) is 38.7. The summed E-state index contributed by atoms with van der Waals surface area (Å²) in [5.74, 6) is 0. The monoisotopic (exact) mass is 1550 g/mol. The molecule has 1 aliphatic rings. The number of allylic oxidation sites excluding steroid dienone is 2. The van der Waals surface area contributed by atoms with Crippen LogP contribution in [0.25, 0.3) is 16.9 Å². The van der Waals surface area contributed by atoms with Crippen LogP contribution >= 0.6 is 0 Å². The third kappa shape index (κ3) is 60.2. The molecular formula is C106H194N2Ni. The van der Waals surface area contributed by atoms with Crippen LogP contribution in [0.4, 0.5) is 0 Å². The van der Waals surface area contributed by atoms with E-state index in [2.05, 4.69) is 91.8 Å². The fraction of sp³-hybridized carbons (Fsp3) is 0.849. The topological polar surface area (TPSA) is 25.3 Å². The minimum absolute atomic E-state index is 1.06. The Labute approximate surface area is 692 Å². The molecule has 1 aliphatic heterocycles. The second-order valence-corrected chi connectivity index (χ2v) is 36.8. The normalized spacial score (nSPS) is 12.5. The number of unbranched alkanes of at least 4 members (excludes halogenated alkanes) is 66. The van der Waals surface area contributed by atoms with E-state index >= 15 is 0 Å². The Balaban J connectivity index is 0.00000547. The van der Waals surface area contributed by atoms with Gasteiger partial charge in [-0.15, -0.1) is 0 Å². The van der Waals surface area contributed by atoms with Crippen LogP contribution in [0.2, 0.25) is 10.8 Å². The average Bonchev–Trinajstić information content (AvgIpc) is 1.60. The molecule has 0 saturated carbocycles. The van der Waals surface area contributed by atoms with E-state index in [0.717, 1.165) is 49.9 Å². The van der Waals surface area contributed by atoms with Gasteiger partial charge >= 0.3 is 51.9 Å². The molecule has 0 N–H and O–H groups in total. The van der Waals surface area contributed by atoms with Gasteiger partial charge in [-0.25, -0.2) is 4.70 Å². The van der Waals surface area contributed by atoms with E-state index in [1.807, 2.05) is 14.4 Å². The number of hydrogen-bond acceptors (Lipinski definition) is 0. The van der Waals surface area contributed by atoms with Crippen LogP contribution in [-0.4, -0.2) is 4.70 Å². The number of benzene rings is 2. The Hall–Kier alpha value is -1.99. The molecule has 2 aromatic rings. The van der Waals surface area contributed by atoms with Crippen LogP contribution < -0.4 is 0 Å². The Morgan fingerprint density at radius 1 is 0.183 bits per heavy atom. The quantitative estimate of drug-likeness (QED) is 0.0358. The molecule has 0 bridgehead atoms. The summed E-state index contributed by atoms with van der Waals surface area (Å²) in [7, 11) is 0. The van der Waals surface area contributed by atoms with Gasteiger partial charge in [0.2, 0.25) is 11.4 Å². The maximum atomic E-state index is 13.3. The minimum atomic E-state index is 1.06. The van der Waals surface area contributed by atoms with Crippen LogP contribution in [0.1, 0.15) is 577 Å². The van der Waals surface area contributed by atoms with Crippen molar-refractivity contribution in [1.82, 2.24) is 0 Å². The molecule has 638 valence electrons. The molecule has 3 heteroatoms. The van der Waals surface area contributed by atoms with E-state index in [-0.39, 0.29) is 0 Å². The summed E-state index contributed by atoms with van der Waals surface area (Å²) in [6.07, 6.45) is 110. The van der Waals surface area contributed by atoms with Gasteiger partial charge < -0.3 is 5.53 Å². The summed E-state index contributed by atoms with van der Waals surface area (Å²) in [5.41, 5.74) is 27.0. The molecule has 0 fully saturated rings. The first kappa shape index (κ1) is 103. The van der Waals surface area contributed by atoms with E-state index in [0.29, 0.717) is 0 Å². The van der Waals surface area contributed by atoms with E-state index < -0.39 is 0 Å². The van der Waals surface area contributed by atoms with Crippen molar-refractivity contribution in [1.29, 1.82) is 0 Å². The van der Waals surface area contributed by atoms with Gasteiger partial charge in [-0.2, -0.15) is 0 Å². The number of aryl methyl sites for hydroxylation is 4. The number of nitrogens with zero attached hydrogens (tertiary/aromatic N) is 2. The summed E-state index contributed by atoms with van der Waals surface area (Å²) >= 11 is 1.90. The Morgan fingerprint density at radius 2 is 0.330 bits per heavy atom. The maximum absolute atomic E-state index is 13.3. The fourth-order valence-electron chi connectivity index (χ4n) is 17.4. The van der Waals surface area contributed by atoms with E-state index in [4.69, 9.17) is 0 Å². The first-order chi connectivity index (χ1) is 53.9. The van der Waals surface area contributed by atoms with Gasteiger partial charge in [0, 0.05) is 22.3 Å². The molecule has 109 heavy (non-hydrogen) atoms. The van der Waals surface area contributed by atoms with Gasteiger partial charge in [-0.1, -0.05) is 477 Å². The molecular weight excluding hydrogens is 1360 g/mol. The van der Waals surface area contributed by atoms with Gasteiger partial charge in [-0.3, -0.25) is 0 Å². The molecule has 0 spiro atoms. The molecule has 3 rings (SSSR count). The Kier molecular flexibility index (Phi) is 76.8. The van der Waals surface area contributed by atoms with Gasteiger partial charge in [0.25, 0.3) is 0 Å². The van der Waals surface area contributed by atoms with Crippen molar-refractivity contribution in [2.45, 2.75) is 580 Å². The second kappa shape index (κ2) is 81.2. The SMILES string of the molecule is CCCCCCCCCCCCCCCCCCCCCCCCCCCCCc1cc(CCCCCC)cc(C2=C(CCCCCC)C(CCCCCCCC)=C(c3cc(CCCCCC)cc(CCCCCCCCCCCCCCCCCCCCCCCCCCCCC)c3)[N+]2=[N-])c1.CC[CH2][Ni][CH2]CC. The number of rotatable bonds is 84. The van der Waals surface area contributed by atoms with Crippen molar-refractivity contribution < 1.29 is 19.1 Å². The number of hydrogen-bond donors (Lipinski definition) is 0. The molecule has 1 heterocycles. The summed E-state index contributed by atoms with van der Waals surface area (Å²) in [5, 5.41) is 2.72. The molecule has 0 unspecified atom stereocenters. The van der Waals surface area contributed by atoms with E-state index in [1.54, 1.807) is 4.70 Å². The fourth-order valence-corrected chi connectivity index (χ4v) is 18.4. The molecule has 2 nitrogen and oxygen atoms in total. The van der Waals surface area contributed by atoms with Gasteiger partial charge in [0.15, 0.2) is 0 Å². The van der Waals surface area contributed by atoms with Crippen molar-refractivity contribution in [2.75, 3.05) is 0 Å². The van der Waals surface area contributed by atoms with Gasteiger partial charge in [-0.05, 0) is 124 Å². The summed E-state index contributed by atoms with van der Waals surface area (Å²) in [6.45, 7) is 18.5. The zero-order chi connectivity index (χ0) is 78.3. The second-order valence-electron chi connectivity index (χ2n) is 35.4. The molecule has 0 aliphatic carbocycles. The predicted molar refractivity (Wildman–Crippen MR) is 491 cm³/mol. The Morgan fingerprint density at radius 3 is 0.495 bits per heavy atom. The molecule has 0 radical (unpaired) electrons. The first-order valence-corrected chi connectivity index (χ1v) is 52.0. The van der Waals surface area contributed by atoms with Gasteiger partial charge in [0.05, 0.1) is 0 Å². The van der Waals surface area contributed by atoms with Crippen molar-refractivity contribution in [2.24, 2.45) is 0 Å². The standard InChI is InChI=1S/C100H180N2.2C3H7.Ni/c1-7-13-19-25-28-30-32-34-36-38-40-42-44-46-48-50-52-54-56-58-60-62-64-66-68-70-75-81-93-85-91(79-73-22-16-10-4)87-95(89-93)99-97(83-77-24-18-12-6)98(84-78-72-27-21-15-9-3)100(102(99)101)96-88-92(80-74-23-17-11-5)86-94(90-96)82-76-71-69-67-65-63-61-59-57-55-53-51-49-47-45-43-41-39-37-35-33-31-29-26-20-14-8-2;2*1-3-2;/h85-90H,7-84H2,1-6H3;2*1,3H2,2H3;. The van der Waals surface area contributed by atoms with E-state index in [1.165, 1.54) is 530 Å². The van der Waals surface area contributed by atoms with Crippen molar-refractivity contribution >= 4 is 11.4 Å². The average molecular weight is 1560 g/mol. The third-order valence-corrected chi connectivity index (χ3v) is 26.1. The molecule has 0 aromatic heterocycles. The molecule has 2 aromatic carbocycles. The zero-order valence-corrected chi connectivity index (χ0v) is 76.6. The van der Waals surface area contributed by atoms with E-state index in [9.17, 15) is 5.53 Å². The van der Waals surface area contributed by atoms with Gasteiger partial charge in [0.1, 0.15) is 0 Å². The van der Waals surface area contributed by atoms with Crippen LogP contribution in [0, 0.1) is 0 Å². The Bertz CT molecular complexity index is 2310. The third-order valence-electron chi connectivity index (χ3n) is 24.4. The van der Waals surface area contributed by atoms with Crippen LogP contribution in [0.5, 0.6) is 0 Å². The zero-order valence-electron chi connectivity index (χ0n) is 75.7. The molecule has 0 amide bonds. The van der Waals surface area contributed by atoms with Crippen LogP contribution in [0.15, 0.2) is 47.5 Å². The summed E-state index contributed by atoms with van der Waals surface area (Å²) in [6, 6.07) is 15.3. The van der Waals surface area contributed by atoms with Crippen molar-refractivity contribution in [3.05, 3.63) is 86.5 Å². The van der Waals surface area contributed by atoms with Crippen molar-refractivity contribution in [3.8, 4) is 0 Å². The van der Waals surface area contributed by atoms with Crippen LogP contribution in [-0.2, 0) is 40.1 Å².